The van der Waals surface area contributed by atoms with Gasteiger partial charge in [-0.15, -0.1) is 0 Å². The van der Waals surface area contributed by atoms with Crippen LogP contribution in [-0.2, 0) is 0 Å². The third kappa shape index (κ3) is 2.79. The number of hydrogen-bond donors (Lipinski definition) is 2. The molecule has 3 heteroatoms. The molecule has 1 aromatic carbocycles. The molecule has 0 heterocycles. The summed E-state index contributed by atoms with van der Waals surface area (Å²) in [5, 5.41) is 10.5. The molecule has 1 saturated carbocycles. The summed E-state index contributed by atoms with van der Waals surface area (Å²) < 4.78 is 0. The Bertz CT molecular complexity index is 372. The average molecular weight is 234 g/mol. The maximum Gasteiger partial charge on any atom is 0.0970 e. The number of nitrogens with zero attached hydrogens (tertiary/aromatic N) is 1. The largest absolute Gasteiger partial charge is 0.386 e. The average Bonchev–Trinajstić information content (AvgIpc) is 3.13. The molecular formula is C14H22N2O. The molecule has 1 aliphatic carbocycles. The number of likely N-dealkylation sites (N-methyl/N-ethyl adjacent to an activating group) is 1. The highest BCUT2D eigenvalue weighted by atomic mass is 16.3. The van der Waals surface area contributed by atoms with Gasteiger partial charge in [0.1, 0.15) is 0 Å². The van der Waals surface area contributed by atoms with E-state index < -0.39 is 5.60 Å². The van der Waals surface area contributed by atoms with Crippen LogP contribution in [0.2, 0.25) is 0 Å². The normalized spacial score (nSPS) is 18.8. The molecule has 3 nitrogen and oxygen atoms in total. The molecule has 1 aromatic rings. The smallest absolute Gasteiger partial charge is 0.0970 e. The lowest BCUT2D eigenvalue weighted by Gasteiger charge is -2.32. The van der Waals surface area contributed by atoms with Crippen LogP contribution in [0.15, 0.2) is 24.3 Å². The lowest BCUT2D eigenvalue weighted by atomic mass is 9.97. The zero-order valence-corrected chi connectivity index (χ0v) is 10.7. The molecule has 94 valence electrons. The molecule has 0 aliphatic heterocycles. The van der Waals surface area contributed by atoms with Gasteiger partial charge < -0.3 is 15.7 Å². The predicted octanol–water partition coefficient (Wildman–Crippen LogP) is 1.53. The van der Waals surface area contributed by atoms with E-state index in [0.29, 0.717) is 19.0 Å². The van der Waals surface area contributed by atoms with Gasteiger partial charge in [-0.25, -0.2) is 0 Å². The van der Waals surface area contributed by atoms with E-state index in [2.05, 4.69) is 36.1 Å². The Morgan fingerprint density at radius 1 is 1.35 bits per heavy atom. The Labute approximate surface area is 103 Å². The highest BCUT2D eigenvalue weighted by molar-refractivity contribution is 5.47. The molecule has 1 atom stereocenters. The van der Waals surface area contributed by atoms with Gasteiger partial charge in [-0.2, -0.15) is 0 Å². The Hall–Kier alpha value is -1.06. The van der Waals surface area contributed by atoms with E-state index in [4.69, 9.17) is 5.73 Å². The first-order valence-corrected chi connectivity index (χ1v) is 6.25. The highest BCUT2D eigenvalue weighted by Gasteiger charge is 2.43. The molecule has 0 radical (unpaired) electrons. The third-order valence-electron chi connectivity index (χ3n) is 3.68. The first kappa shape index (κ1) is 12.4. The summed E-state index contributed by atoms with van der Waals surface area (Å²) in [6, 6.07) is 8.34. The second-order valence-corrected chi connectivity index (χ2v) is 5.27. The van der Waals surface area contributed by atoms with E-state index >= 15 is 0 Å². The molecule has 3 N–H and O–H groups in total. The second kappa shape index (κ2) is 4.67. The highest BCUT2D eigenvalue weighted by Crippen LogP contribution is 2.39. The fourth-order valence-corrected chi connectivity index (χ4v) is 2.28. The van der Waals surface area contributed by atoms with Gasteiger partial charge in [-0.05, 0) is 37.8 Å². The molecule has 2 rings (SSSR count). The van der Waals surface area contributed by atoms with Crippen LogP contribution in [0, 0.1) is 12.8 Å². The fourth-order valence-electron chi connectivity index (χ4n) is 2.28. The van der Waals surface area contributed by atoms with Gasteiger partial charge in [0.2, 0.25) is 0 Å². The summed E-state index contributed by atoms with van der Waals surface area (Å²) >= 11 is 0. The quantitative estimate of drug-likeness (QED) is 0.812. The summed E-state index contributed by atoms with van der Waals surface area (Å²) in [6.45, 7) is 3.02. The van der Waals surface area contributed by atoms with E-state index in [9.17, 15) is 5.11 Å². The van der Waals surface area contributed by atoms with E-state index in [0.717, 1.165) is 18.5 Å². The first-order valence-electron chi connectivity index (χ1n) is 6.25. The monoisotopic (exact) mass is 234 g/mol. The maximum absolute atomic E-state index is 10.5. The Balaban J connectivity index is 2.04. The van der Waals surface area contributed by atoms with Crippen LogP contribution in [0.5, 0.6) is 0 Å². The Morgan fingerprint density at radius 3 is 2.41 bits per heavy atom. The Kier molecular flexibility index (Phi) is 3.40. The van der Waals surface area contributed by atoms with Crippen molar-refractivity contribution in [3.63, 3.8) is 0 Å². The molecule has 1 aliphatic rings. The van der Waals surface area contributed by atoms with Gasteiger partial charge in [0, 0.05) is 25.8 Å². The minimum absolute atomic E-state index is 0.341. The fraction of sp³-hybridized carbons (Fsp3) is 0.571. The van der Waals surface area contributed by atoms with Crippen LogP contribution in [-0.4, -0.2) is 30.8 Å². The van der Waals surface area contributed by atoms with Crippen molar-refractivity contribution in [2.45, 2.75) is 25.4 Å². The summed E-state index contributed by atoms with van der Waals surface area (Å²) in [6.07, 6.45) is 2.21. The minimum atomic E-state index is -0.723. The van der Waals surface area contributed by atoms with E-state index in [1.54, 1.807) is 0 Å². The third-order valence-corrected chi connectivity index (χ3v) is 3.68. The zero-order valence-electron chi connectivity index (χ0n) is 10.7. The number of benzene rings is 1. The minimum Gasteiger partial charge on any atom is -0.386 e. The van der Waals surface area contributed by atoms with Crippen molar-refractivity contribution in [2.24, 2.45) is 11.7 Å². The van der Waals surface area contributed by atoms with Crippen LogP contribution < -0.4 is 10.6 Å². The maximum atomic E-state index is 10.5. The number of nitrogens with two attached hydrogens (primary N) is 1. The number of hydrogen-bond acceptors (Lipinski definition) is 3. The van der Waals surface area contributed by atoms with E-state index in [1.807, 2.05) is 7.05 Å². The van der Waals surface area contributed by atoms with Crippen LogP contribution in [0.4, 0.5) is 5.69 Å². The SMILES string of the molecule is Cc1ccc(N(C)CC(O)(CN)C2CC2)cc1. The lowest BCUT2D eigenvalue weighted by Crippen LogP contribution is -2.49. The molecular weight excluding hydrogens is 212 g/mol. The number of rotatable bonds is 5. The lowest BCUT2D eigenvalue weighted by molar-refractivity contribution is 0.0344. The van der Waals surface area contributed by atoms with Crippen molar-refractivity contribution >= 4 is 5.69 Å². The topological polar surface area (TPSA) is 49.5 Å². The van der Waals surface area contributed by atoms with Crippen LogP contribution in [0.25, 0.3) is 0 Å². The van der Waals surface area contributed by atoms with Crippen LogP contribution in [0.3, 0.4) is 0 Å². The van der Waals surface area contributed by atoms with Gasteiger partial charge in [0.05, 0.1) is 5.60 Å². The van der Waals surface area contributed by atoms with Crippen molar-refractivity contribution < 1.29 is 5.11 Å². The van der Waals surface area contributed by atoms with Gasteiger partial charge in [-0.1, -0.05) is 17.7 Å². The standard InChI is InChI=1S/C14H22N2O/c1-11-3-7-13(8-4-11)16(2)10-14(17,9-15)12-5-6-12/h3-4,7-8,12,17H,5-6,9-10,15H2,1-2H3. The van der Waals surface area contributed by atoms with Crippen molar-refractivity contribution in [1.29, 1.82) is 0 Å². The van der Waals surface area contributed by atoms with Gasteiger partial charge in [0.15, 0.2) is 0 Å². The molecule has 1 fully saturated rings. The van der Waals surface area contributed by atoms with Crippen molar-refractivity contribution in [2.75, 3.05) is 25.0 Å². The predicted molar refractivity (Wildman–Crippen MR) is 71.2 cm³/mol. The van der Waals surface area contributed by atoms with Gasteiger partial charge in [0.25, 0.3) is 0 Å². The van der Waals surface area contributed by atoms with Crippen molar-refractivity contribution in [3.05, 3.63) is 29.8 Å². The molecule has 0 amide bonds. The summed E-state index contributed by atoms with van der Waals surface area (Å²) in [5.41, 5.74) is 7.38. The molecule has 0 saturated heterocycles. The molecule has 0 bridgehead atoms. The first-order chi connectivity index (χ1) is 8.05. The summed E-state index contributed by atoms with van der Waals surface area (Å²) in [4.78, 5) is 2.09. The van der Waals surface area contributed by atoms with Crippen LogP contribution >= 0.6 is 0 Å². The van der Waals surface area contributed by atoms with Gasteiger partial charge >= 0.3 is 0 Å². The summed E-state index contributed by atoms with van der Waals surface area (Å²) in [5.74, 6) is 0.389. The molecule has 0 spiro atoms. The summed E-state index contributed by atoms with van der Waals surface area (Å²) in [7, 11) is 2.01. The molecule has 1 unspecified atom stereocenters. The van der Waals surface area contributed by atoms with E-state index in [1.165, 1.54) is 5.56 Å². The number of anilines is 1. The molecule has 0 aromatic heterocycles. The Morgan fingerprint density at radius 2 is 1.94 bits per heavy atom. The molecule has 17 heavy (non-hydrogen) atoms. The zero-order chi connectivity index (χ0) is 12.5. The van der Waals surface area contributed by atoms with Crippen LogP contribution in [0.1, 0.15) is 18.4 Å². The second-order valence-electron chi connectivity index (χ2n) is 5.27. The number of aryl methyl sites for hydroxylation is 1. The number of aliphatic hydroxyl groups is 1. The van der Waals surface area contributed by atoms with Gasteiger partial charge in [-0.3, -0.25) is 0 Å². The van der Waals surface area contributed by atoms with E-state index in [-0.39, 0.29) is 0 Å². The van der Waals surface area contributed by atoms with Crippen molar-refractivity contribution in [3.8, 4) is 0 Å². The van der Waals surface area contributed by atoms with Crippen molar-refractivity contribution in [1.82, 2.24) is 0 Å².